The summed E-state index contributed by atoms with van der Waals surface area (Å²) in [6, 6.07) is 13.8. The van der Waals surface area contributed by atoms with Crippen LogP contribution in [0, 0.1) is 0 Å². The molecule has 0 aliphatic carbocycles. The Labute approximate surface area is 143 Å². The molecule has 4 aromatic rings. The molecule has 0 aliphatic rings. The SMILES string of the molecule is c1ccc(CCNc2nc(-c3ccccn3)nc3sccc23)nc1. The lowest BCUT2D eigenvalue weighted by molar-refractivity contribution is 0.955. The molecule has 0 spiro atoms. The van der Waals surface area contributed by atoms with Crippen LogP contribution in [0.4, 0.5) is 5.82 Å². The van der Waals surface area contributed by atoms with Gasteiger partial charge in [0.05, 0.1) is 5.39 Å². The molecule has 0 amide bonds. The van der Waals surface area contributed by atoms with Crippen LogP contribution in [-0.2, 0) is 6.42 Å². The second-order valence-electron chi connectivity index (χ2n) is 5.25. The molecule has 24 heavy (non-hydrogen) atoms. The van der Waals surface area contributed by atoms with E-state index in [2.05, 4.69) is 25.3 Å². The maximum Gasteiger partial charge on any atom is 0.181 e. The normalized spacial score (nSPS) is 10.8. The quantitative estimate of drug-likeness (QED) is 0.602. The largest absolute Gasteiger partial charge is 0.369 e. The monoisotopic (exact) mass is 333 g/mol. The first-order chi connectivity index (χ1) is 11.9. The maximum atomic E-state index is 4.68. The molecule has 0 saturated heterocycles. The lowest BCUT2D eigenvalue weighted by atomic mass is 10.2. The minimum absolute atomic E-state index is 0.644. The number of rotatable bonds is 5. The van der Waals surface area contributed by atoms with Crippen LogP contribution in [0.15, 0.2) is 60.2 Å². The standard InChI is InChI=1S/C18H15N5S/c1-3-9-19-13(5-1)7-11-21-16-14-8-12-24-18(14)23-17(22-16)15-6-2-4-10-20-15/h1-6,8-10,12H,7,11H2,(H,21,22,23). The first kappa shape index (κ1) is 14.7. The predicted octanol–water partition coefficient (Wildman–Crippen LogP) is 3.80. The third-order valence-electron chi connectivity index (χ3n) is 3.62. The average Bonchev–Trinajstić information content (AvgIpc) is 3.12. The van der Waals surface area contributed by atoms with Gasteiger partial charge in [-0.25, -0.2) is 9.97 Å². The van der Waals surface area contributed by atoms with E-state index >= 15 is 0 Å². The van der Waals surface area contributed by atoms with Crippen molar-refractivity contribution < 1.29 is 0 Å². The fourth-order valence-electron chi connectivity index (χ4n) is 2.45. The number of thiophene rings is 1. The lowest BCUT2D eigenvalue weighted by Crippen LogP contribution is -2.08. The summed E-state index contributed by atoms with van der Waals surface area (Å²) < 4.78 is 0. The van der Waals surface area contributed by atoms with Gasteiger partial charge in [-0.1, -0.05) is 12.1 Å². The molecule has 4 heterocycles. The molecule has 0 saturated carbocycles. The molecular weight excluding hydrogens is 318 g/mol. The molecule has 118 valence electrons. The van der Waals surface area contributed by atoms with Gasteiger partial charge in [-0.2, -0.15) is 0 Å². The number of nitrogens with zero attached hydrogens (tertiary/aromatic N) is 4. The number of hydrogen-bond donors (Lipinski definition) is 1. The number of pyridine rings is 2. The number of nitrogens with one attached hydrogen (secondary N) is 1. The van der Waals surface area contributed by atoms with Gasteiger partial charge in [0.15, 0.2) is 5.82 Å². The van der Waals surface area contributed by atoms with Crippen molar-refractivity contribution in [3.63, 3.8) is 0 Å². The smallest absolute Gasteiger partial charge is 0.181 e. The summed E-state index contributed by atoms with van der Waals surface area (Å²) in [6.45, 7) is 0.765. The Bertz CT molecular complexity index is 937. The summed E-state index contributed by atoms with van der Waals surface area (Å²) in [5.74, 6) is 1.49. The van der Waals surface area contributed by atoms with Crippen molar-refractivity contribution >= 4 is 27.4 Å². The molecule has 0 unspecified atom stereocenters. The molecule has 0 fully saturated rings. The highest BCUT2D eigenvalue weighted by Crippen LogP contribution is 2.27. The Hall–Kier alpha value is -2.86. The molecule has 0 aliphatic heterocycles. The van der Waals surface area contributed by atoms with Crippen molar-refractivity contribution in [2.75, 3.05) is 11.9 Å². The first-order valence-corrected chi connectivity index (χ1v) is 8.58. The second kappa shape index (κ2) is 6.72. The van der Waals surface area contributed by atoms with E-state index in [1.807, 2.05) is 54.0 Å². The van der Waals surface area contributed by atoms with Gasteiger partial charge >= 0.3 is 0 Å². The Morgan fingerprint density at radius 2 is 1.79 bits per heavy atom. The third kappa shape index (κ3) is 3.09. The Morgan fingerprint density at radius 1 is 0.917 bits per heavy atom. The molecule has 6 heteroatoms. The Morgan fingerprint density at radius 3 is 2.58 bits per heavy atom. The van der Waals surface area contributed by atoms with E-state index in [-0.39, 0.29) is 0 Å². The molecule has 1 N–H and O–H groups in total. The zero-order valence-corrected chi connectivity index (χ0v) is 13.7. The number of aromatic nitrogens is 4. The van der Waals surface area contributed by atoms with Gasteiger partial charge in [0.1, 0.15) is 16.3 Å². The summed E-state index contributed by atoms with van der Waals surface area (Å²) in [5.41, 5.74) is 1.84. The van der Waals surface area contributed by atoms with Crippen LogP contribution in [-0.4, -0.2) is 26.5 Å². The molecular formula is C18H15N5S. The van der Waals surface area contributed by atoms with Crippen molar-refractivity contribution in [1.29, 1.82) is 0 Å². The number of hydrogen-bond acceptors (Lipinski definition) is 6. The van der Waals surface area contributed by atoms with Crippen molar-refractivity contribution in [1.82, 2.24) is 19.9 Å². The van der Waals surface area contributed by atoms with E-state index in [9.17, 15) is 0 Å². The molecule has 0 atom stereocenters. The Kier molecular flexibility index (Phi) is 4.12. The van der Waals surface area contributed by atoms with E-state index in [1.165, 1.54) is 0 Å². The van der Waals surface area contributed by atoms with Gasteiger partial charge < -0.3 is 5.32 Å². The average molecular weight is 333 g/mol. The van der Waals surface area contributed by atoms with Crippen LogP contribution >= 0.6 is 11.3 Å². The highest BCUT2D eigenvalue weighted by molar-refractivity contribution is 7.16. The highest BCUT2D eigenvalue weighted by Gasteiger charge is 2.11. The van der Waals surface area contributed by atoms with Crippen LogP contribution in [0.3, 0.4) is 0 Å². The molecule has 4 aromatic heterocycles. The molecule has 0 bridgehead atoms. The van der Waals surface area contributed by atoms with Crippen molar-refractivity contribution in [2.45, 2.75) is 6.42 Å². The van der Waals surface area contributed by atoms with Crippen LogP contribution in [0.25, 0.3) is 21.7 Å². The van der Waals surface area contributed by atoms with E-state index in [0.717, 1.165) is 40.4 Å². The van der Waals surface area contributed by atoms with Crippen molar-refractivity contribution in [3.8, 4) is 11.5 Å². The van der Waals surface area contributed by atoms with E-state index in [0.29, 0.717) is 5.82 Å². The topological polar surface area (TPSA) is 63.6 Å². The second-order valence-corrected chi connectivity index (χ2v) is 6.14. The summed E-state index contributed by atoms with van der Waals surface area (Å²) in [7, 11) is 0. The zero-order chi connectivity index (χ0) is 16.2. The number of anilines is 1. The molecule has 0 aromatic carbocycles. The van der Waals surface area contributed by atoms with Gasteiger partial charge in [-0.15, -0.1) is 11.3 Å². The van der Waals surface area contributed by atoms with Crippen molar-refractivity contribution in [2.24, 2.45) is 0 Å². The highest BCUT2D eigenvalue weighted by atomic mass is 32.1. The van der Waals surface area contributed by atoms with Crippen LogP contribution in [0.2, 0.25) is 0 Å². The summed E-state index contributed by atoms with van der Waals surface area (Å²) >= 11 is 1.61. The lowest BCUT2D eigenvalue weighted by Gasteiger charge is -2.08. The molecule has 5 nitrogen and oxygen atoms in total. The fourth-order valence-corrected chi connectivity index (χ4v) is 3.22. The van der Waals surface area contributed by atoms with Gasteiger partial charge in [0.2, 0.25) is 0 Å². The Balaban J connectivity index is 1.60. The van der Waals surface area contributed by atoms with Crippen LogP contribution in [0.1, 0.15) is 5.69 Å². The summed E-state index contributed by atoms with van der Waals surface area (Å²) in [6.07, 6.45) is 4.41. The number of fused-ring (bicyclic) bond motifs is 1. The van der Waals surface area contributed by atoms with Gasteiger partial charge in [-0.05, 0) is 35.7 Å². The minimum atomic E-state index is 0.644. The third-order valence-corrected chi connectivity index (χ3v) is 4.43. The van der Waals surface area contributed by atoms with Crippen LogP contribution in [0.5, 0.6) is 0 Å². The summed E-state index contributed by atoms with van der Waals surface area (Å²) in [4.78, 5) is 19.0. The molecule has 4 rings (SSSR count). The minimum Gasteiger partial charge on any atom is -0.369 e. The zero-order valence-electron chi connectivity index (χ0n) is 12.9. The van der Waals surface area contributed by atoms with E-state index in [1.54, 1.807) is 17.5 Å². The van der Waals surface area contributed by atoms with Gasteiger partial charge in [-0.3, -0.25) is 9.97 Å². The predicted molar refractivity (Wildman–Crippen MR) is 97.1 cm³/mol. The summed E-state index contributed by atoms with van der Waals surface area (Å²) in [5, 5.41) is 6.50. The van der Waals surface area contributed by atoms with E-state index < -0.39 is 0 Å². The van der Waals surface area contributed by atoms with Gasteiger partial charge in [0.25, 0.3) is 0 Å². The van der Waals surface area contributed by atoms with Crippen molar-refractivity contribution in [3.05, 3.63) is 65.9 Å². The fraction of sp³-hybridized carbons (Fsp3) is 0.111. The maximum absolute atomic E-state index is 4.68. The van der Waals surface area contributed by atoms with Gasteiger partial charge in [0, 0.05) is 31.1 Å². The van der Waals surface area contributed by atoms with E-state index in [4.69, 9.17) is 0 Å². The first-order valence-electron chi connectivity index (χ1n) is 7.70. The van der Waals surface area contributed by atoms with Crippen LogP contribution < -0.4 is 5.32 Å². The molecule has 0 radical (unpaired) electrons.